The van der Waals surface area contributed by atoms with Crippen molar-refractivity contribution in [1.29, 1.82) is 0 Å². The van der Waals surface area contributed by atoms with Gasteiger partial charge in [-0.05, 0) is 52.9 Å². The maximum absolute atomic E-state index is 13.0. The zero-order valence-electron chi connectivity index (χ0n) is 22.0. The van der Waals surface area contributed by atoms with Gasteiger partial charge < -0.3 is 20.7 Å². The van der Waals surface area contributed by atoms with Crippen LogP contribution in [0.2, 0.25) is 0 Å². The first-order valence-corrected chi connectivity index (χ1v) is 13.6. The van der Waals surface area contributed by atoms with Gasteiger partial charge in [0.05, 0.1) is 19.8 Å². The highest BCUT2D eigenvalue weighted by Gasteiger charge is 2.30. The zero-order valence-corrected chi connectivity index (χ0v) is 22.9. The number of carbonyl (C=O) groups excluding carboxylic acids is 4. The van der Waals surface area contributed by atoms with E-state index in [1.54, 1.807) is 34.6 Å². The molecular weight excluding hydrogens is 479 g/mol. The number of amides is 3. The Bertz CT molecular complexity index is 724. The van der Waals surface area contributed by atoms with Gasteiger partial charge in [-0.2, -0.15) is 0 Å². The van der Waals surface area contributed by atoms with Gasteiger partial charge in [-0.1, -0.05) is 13.8 Å². The Kier molecular flexibility index (Phi) is 16.4. The highest BCUT2D eigenvalue weighted by Crippen LogP contribution is 2.43. The molecule has 0 saturated heterocycles. The van der Waals surface area contributed by atoms with Gasteiger partial charge >= 0.3 is 13.7 Å². The summed E-state index contributed by atoms with van der Waals surface area (Å²) in [6, 6.07) is -2.68. The van der Waals surface area contributed by atoms with Crippen LogP contribution in [0.15, 0.2) is 0 Å². The van der Waals surface area contributed by atoms with Crippen LogP contribution in [-0.4, -0.2) is 68.2 Å². The van der Waals surface area contributed by atoms with Crippen molar-refractivity contribution in [2.24, 2.45) is 5.92 Å². The van der Waals surface area contributed by atoms with Crippen LogP contribution in [0.25, 0.3) is 0 Å². The highest BCUT2D eigenvalue weighted by atomic mass is 31.2. The maximum Gasteiger partial charge on any atom is 0.405 e. The number of hydrogen-bond donors (Lipinski definition) is 4. The second-order valence-electron chi connectivity index (χ2n) is 8.20. The monoisotopic (exact) mass is 522 g/mol. The largest absolute Gasteiger partial charge is 0.464 e. The molecule has 0 unspecified atom stereocenters. The fourth-order valence-electron chi connectivity index (χ4n) is 3.08. The molecule has 0 bridgehead atoms. The summed E-state index contributed by atoms with van der Waals surface area (Å²) in [5.41, 5.74) is 0. The average Bonchev–Trinajstić information content (AvgIpc) is 2.75. The molecule has 0 aromatic carbocycles. The highest BCUT2D eigenvalue weighted by molar-refractivity contribution is 7.51. The van der Waals surface area contributed by atoms with Gasteiger partial charge in [0.15, 0.2) is 0 Å². The summed E-state index contributed by atoms with van der Waals surface area (Å²) in [6.07, 6.45) is 1.23. The summed E-state index contributed by atoms with van der Waals surface area (Å²) in [5.74, 6) is -2.24. The van der Waals surface area contributed by atoms with Gasteiger partial charge in [0.25, 0.3) is 0 Å². The number of nitrogens with one attached hydrogen (secondary N) is 4. The van der Waals surface area contributed by atoms with Gasteiger partial charge in [-0.3, -0.25) is 23.4 Å². The molecule has 0 saturated carbocycles. The van der Waals surface area contributed by atoms with Crippen molar-refractivity contribution < 1.29 is 37.5 Å². The van der Waals surface area contributed by atoms with Crippen LogP contribution in [0, 0.1) is 5.92 Å². The lowest BCUT2D eigenvalue weighted by atomic mass is 10.0. The minimum atomic E-state index is -3.39. The lowest BCUT2D eigenvalue weighted by molar-refractivity contribution is -0.149. The molecule has 35 heavy (non-hydrogen) atoms. The molecule has 0 heterocycles. The quantitative estimate of drug-likeness (QED) is 0.119. The Morgan fingerprint density at radius 2 is 1.43 bits per heavy atom. The van der Waals surface area contributed by atoms with Crippen molar-refractivity contribution in [3.8, 4) is 0 Å². The van der Waals surface area contributed by atoms with Crippen LogP contribution in [0.1, 0.15) is 67.7 Å². The number of hydrogen-bond acceptors (Lipinski definition) is 8. The number of ether oxygens (including phenoxy) is 1. The third-order valence-electron chi connectivity index (χ3n) is 4.77. The SMILES string of the molecule is CCOC(=O)[C@H](NC(=O)[C@@H](CCCCNP(=O)(OCC)OCC)NC(=O)[C@H](C)NC(C)=O)C(C)C. The summed E-state index contributed by atoms with van der Waals surface area (Å²) in [4.78, 5) is 49.1. The van der Waals surface area contributed by atoms with E-state index in [1.165, 1.54) is 13.8 Å². The molecule has 3 amide bonds. The van der Waals surface area contributed by atoms with Gasteiger partial charge in [-0.25, -0.2) is 14.4 Å². The Labute approximate surface area is 208 Å². The number of unbranched alkanes of at least 4 members (excludes halogenated alkanes) is 1. The lowest BCUT2D eigenvalue weighted by Gasteiger charge is -2.25. The van der Waals surface area contributed by atoms with Crippen LogP contribution in [-0.2, 0) is 37.5 Å². The fraction of sp³-hybridized carbons (Fsp3) is 0.818. The summed E-state index contributed by atoms with van der Waals surface area (Å²) in [6.45, 7) is 12.4. The Morgan fingerprint density at radius 1 is 0.829 bits per heavy atom. The minimum absolute atomic E-state index is 0.173. The summed E-state index contributed by atoms with van der Waals surface area (Å²) < 4.78 is 27.9. The predicted octanol–water partition coefficient (Wildman–Crippen LogP) is 1.64. The van der Waals surface area contributed by atoms with Gasteiger partial charge in [0, 0.05) is 13.5 Å². The number of carbonyl (C=O) groups is 4. The van der Waals surface area contributed by atoms with E-state index < -0.39 is 43.7 Å². The molecule has 0 aliphatic carbocycles. The van der Waals surface area contributed by atoms with Crippen LogP contribution >= 0.6 is 7.75 Å². The minimum Gasteiger partial charge on any atom is -0.464 e. The van der Waals surface area contributed by atoms with E-state index in [4.69, 9.17) is 13.8 Å². The second-order valence-corrected chi connectivity index (χ2v) is 10.0. The molecule has 0 fully saturated rings. The van der Waals surface area contributed by atoms with Crippen molar-refractivity contribution in [3.63, 3.8) is 0 Å². The summed E-state index contributed by atoms with van der Waals surface area (Å²) >= 11 is 0. The smallest absolute Gasteiger partial charge is 0.405 e. The third-order valence-corrected chi connectivity index (χ3v) is 6.58. The summed E-state index contributed by atoms with van der Waals surface area (Å²) in [5, 5.41) is 10.6. The Balaban J connectivity index is 5.23. The Hall–Kier alpha value is -2.01. The molecule has 0 aliphatic rings. The first kappa shape index (κ1) is 33.0. The fourth-order valence-corrected chi connectivity index (χ4v) is 4.45. The van der Waals surface area contributed by atoms with E-state index >= 15 is 0 Å². The molecule has 0 aromatic heterocycles. The molecule has 0 aliphatic heterocycles. The molecule has 12 nitrogen and oxygen atoms in total. The second kappa shape index (κ2) is 17.4. The molecule has 13 heteroatoms. The van der Waals surface area contributed by atoms with Crippen LogP contribution in [0.4, 0.5) is 0 Å². The first-order valence-electron chi connectivity index (χ1n) is 12.1. The van der Waals surface area contributed by atoms with Crippen molar-refractivity contribution in [2.75, 3.05) is 26.4 Å². The molecule has 0 radical (unpaired) electrons. The van der Waals surface area contributed by atoms with E-state index in [-0.39, 0.29) is 38.1 Å². The number of esters is 1. The van der Waals surface area contributed by atoms with Crippen molar-refractivity contribution in [3.05, 3.63) is 0 Å². The van der Waals surface area contributed by atoms with E-state index in [9.17, 15) is 23.7 Å². The summed E-state index contributed by atoms with van der Waals surface area (Å²) in [7, 11) is -3.39. The molecule has 204 valence electrons. The van der Waals surface area contributed by atoms with E-state index in [0.29, 0.717) is 19.4 Å². The van der Waals surface area contributed by atoms with E-state index in [0.717, 1.165) is 0 Å². The third kappa shape index (κ3) is 13.6. The standard InChI is InChI=1S/C22H43N4O8P/c1-8-32-22(30)19(15(4)5)26-21(29)18(25-20(28)16(6)24-17(7)27)13-11-12-14-23-35(31,33-9-2)34-10-3/h15-16,18-19H,8-14H2,1-7H3,(H,23,31)(H,24,27)(H,25,28)(H,26,29)/t16-,18+,19+/m0/s1. The first-order chi connectivity index (χ1) is 16.4. The molecule has 0 aromatic rings. The van der Waals surface area contributed by atoms with Crippen LogP contribution in [0.5, 0.6) is 0 Å². The zero-order chi connectivity index (χ0) is 27.0. The van der Waals surface area contributed by atoms with E-state index in [1.807, 2.05) is 0 Å². The van der Waals surface area contributed by atoms with Gasteiger partial charge in [0.1, 0.15) is 18.1 Å². The van der Waals surface area contributed by atoms with Crippen molar-refractivity contribution >= 4 is 31.4 Å². The topological polar surface area (TPSA) is 161 Å². The molecular formula is C22H43N4O8P. The predicted molar refractivity (Wildman–Crippen MR) is 131 cm³/mol. The van der Waals surface area contributed by atoms with Crippen LogP contribution in [0.3, 0.4) is 0 Å². The maximum atomic E-state index is 13.0. The van der Waals surface area contributed by atoms with Crippen molar-refractivity contribution in [1.82, 2.24) is 21.0 Å². The number of rotatable bonds is 18. The van der Waals surface area contributed by atoms with Gasteiger partial charge in [-0.15, -0.1) is 0 Å². The molecule has 4 N–H and O–H groups in total. The molecule has 0 spiro atoms. The lowest BCUT2D eigenvalue weighted by Crippen LogP contribution is -2.56. The normalized spacial score (nSPS) is 14.1. The average molecular weight is 523 g/mol. The molecule has 3 atom stereocenters. The molecule has 0 rings (SSSR count). The van der Waals surface area contributed by atoms with Gasteiger partial charge in [0.2, 0.25) is 17.7 Å². The van der Waals surface area contributed by atoms with Crippen molar-refractivity contribution in [2.45, 2.75) is 85.9 Å². The van der Waals surface area contributed by atoms with Crippen LogP contribution < -0.4 is 21.0 Å². The Morgan fingerprint density at radius 3 is 1.91 bits per heavy atom. The van der Waals surface area contributed by atoms with E-state index in [2.05, 4.69) is 21.0 Å².